The Balaban J connectivity index is 1.69. The van der Waals surface area contributed by atoms with E-state index in [9.17, 15) is 9.36 Å². The van der Waals surface area contributed by atoms with Crippen molar-refractivity contribution in [2.75, 3.05) is 0 Å². The normalized spacial score (nSPS) is 11.7. The van der Waals surface area contributed by atoms with Crippen molar-refractivity contribution >= 4 is 19.5 Å². The second-order valence-electron chi connectivity index (χ2n) is 7.99. The molecule has 0 unspecified atom stereocenters. The highest BCUT2D eigenvalue weighted by atomic mass is 31.2. The first-order valence-corrected chi connectivity index (χ1v) is 13.0. The minimum atomic E-state index is -4.18. The van der Waals surface area contributed by atoms with Crippen LogP contribution in [0, 0.1) is 5.41 Å². The number of hydrogen-bond donors (Lipinski definition) is 3. The highest BCUT2D eigenvalue weighted by molar-refractivity contribution is 7.55. The van der Waals surface area contributed by atoms with Crippen molar-refractivity contribution in [2.24, 2.45) is 5.73 Å². The molecule has 0 aliphatic rings. The van der Waals surface area contributed by atoms with Crippen molar-refractivity contribution < 1.29 is 23.1 Å². The van der Waals surface area contributed by atoms with Crippen LogP contribution in [0.2, 0.25) is 0 Å². The summed E-state index contributed by atoms with van der Waals surface area (Å²) in [7, 11) is -4.18. The summed E-state index contributed by atoms with van der Waals surface area (Å²) < 4.78 is 31.8. The third-order valence-electron chi connectivity index (χ3n) is 5.27. The van der Waals surface area contributed by atoms with E-state index in [1.165, 1.54) is 0 Å². The van der Waals surface area contributed by atoms with Gasteiger partial charge in [-0.05, 0) is 35.4 Å². The zero-order valence-corrected chi connectivity index (χ0v) is 20.7. The largest absolute Gasteiger partial charge is 0.457 e. The van der Waals surface area contributed by atoms with Crippen LogP contribution >= 0.6 is 7.60 Å². The SMILES string of the molecule is N=C(N)c1ccc([C@H](NC(=O)OCc2ccccc2)P(=O)(Oc2ccccc2)Oc2ccccc2)cc1. The standard InChI is InChI=1S/C28H26N3O5P/c29-26(30)22-16-18-23(19-17-22)27(31-28(32)34-20-21-10-4-1-5-11-21)37(33,35-24-12-6-2-7-13-24)36-25-14-8-3-9-15-25/h1-19,27H,20H2,(H3,29,30)(H,31,32)/t27-/m1/s1. The van der Waals surface area contributed by atoms with E-state index in [1.807, 2.05) is 30.3 Å². The van der Waals surface area contributed by atoms with Crippen molar-refractivity contribution in [1.82, 2.24) is 5.32 Å². The molecule has 37 heavy (non-hydrogen) atoms. The number of rotatable bonds is 10. The Morgan fingerprint density at radius 2 is 1.27 bits per heavy atom. The molecule has 0 aromatic heterocycles. The van der Waals surface area contributed by atoms with Gasteiger partial charge in [0.15, 0.2) is 5.78 Å². The molecular weight excluding hydrogens is 489 g/mol. The molecule has 0 aliphatic heterocycles. The van der Waals surface area contributed by atoms with Crippen molar-refractivity contribution in [2.45, 2.75) is 12.4 Å². The summed E-state index contributed by atoms with van der Waals surface area (Å²) in [5.74, 6) is -0.780. The molecule has 188 valence electrons. The number of ether oxygens (including phenoxy) is 1. The van der Waals surface area contributed by atoms with Crippen LogP contribution in [0.25, 0.3) is 0 Å². The van der Waals surface area contributed by atoms with Gasteiger partial charge < -0.3 is 24.8 Å². The average molecular weight is 516 g/mol. The van der Waals surface area contributed by atoms with Gasteiger partial charge in [0, 0.05) is 5.56 Å². The Labute approximate surface area is 215 Å². The van der Waals surface area contributed by atoms with E-state index in [-0.39, 0.29) is 12.4 Å². The molecule has 0 fully saturated rings. The Kier molecular flexibility index (Phi) is 8.23. The zero-order chi connectivity index (χ0) is 26.1. The third-order valence-corrected chi connectivity index (χ3v) is 7.26. The maximum atomic E-state index is 14.5. The molecule has 0 saturated heterocycles. The maximum absolute atomic E-state index is 14.5. The fourth-order valence-corrected chi connectivity index (χ4v) is 5.33. The van der Waals surface area contributed by atoms with Crippen molar-refractivity contribution in [1.29, 1.82) is 5.41 Å². The number of carbonyl (C=O) groups excluding carboxylic acids is 1. The Morgan fingerprint density at radius 1 is 0.784 bits per heavy atom. The molecule has 0 radical (unpaired) electrons. The summed E-state index contributed by atoms with van der Waals surface area (Å²) in [5.41, 5.74) is 7.27. The van der Waals surface area contributed by atoms with Crippen LogP contribution in [0.15, 0.2) is 115 Å². The predicted octanol–water partition coefficient (Wildman–Crippen LogP) is 6.25. The lowest BCUT2D eigenvalue weighted by atomic mass is 10.1. The number of amidine groups is 1. The van der Waals surface area contributed by atoms with Crippen LogP contribution in [0.1, 0.15) is 22.5 Å². The van der Waals surface area contributed by atoms with E-state index in [2.05, 4.69) is 5.32 Å². The summed E-state index contributed by atoms with van der Waals surface area (Å²) in [5, 5.41) is 10.3. The van der Waals surface area contributed by atoms with Crippen LogP contribution in [-0.4, -0.2) is 11.9 Å². The fraction of sp³-hybridized carbons (Fsp3) is 0.0714. The van der Waals surface area contributed by atoms with Crippen molar-refractivity contribution in [3.05, 3.63) is 132 Å². The molecule has 0 spiro atoms. The smallest absolute Gasteiger partial charge is 0.445 e. The summed E-state index contributed by atoms with van der Waals surface area (Å²) >= 11 is 0. The predicted molar refractivity (Wildman–Crippen MR) is 142 cm³/mol. The van der Waals surface area contributed by atoms with E-state index in [1.54, 1.807) is 84.9 Å². The molecular formula is C28H26N3O5P. The number of nitrogens with one attached hydrogen (secondary N) is 2. The number of hydrogen-bond acceptors (Lipinski definition) is 6. The van der Waals surface area contributed by atoms with Crippen molar-refractivity contribution in [3.8, 4) is 11.5 Å². The van der Waals surface area contributed by atoms with Crippen LogP contribution in [-0.2, 0) is 15.9 Å². The monoisotopic (exact) mass is 515 g/mol. The minimum absolute atomic E-state index is 0.0199. The summed E-state index contributed by atoms with van der Waals surface area (Å²) in [6, 6.07) is 32.7. The number of nitrogen functional groups attached to an aromatic ring is 1. The molecule has 9 heteroatoms. The number of benzene rings is 4. The molecule has 8 nitrogen and oxygen atoms in total. The lowest BCUT2D eigenvalue weighted by Gasteiger charge is -2.28. The Hall–Kier alpha value is -4.55. The summed E-state index contributed by atoms with van der Waals surface area (Å²) in [6.45, 7) is 0.0199. The Morgan fingerprint density at radius 3 is 1.76 bits per heavy atom. The second kappa shape index (κ2) is 11.9. The quantitative estimate of drug-likeness (QED) is 0.130. The maximum Gasteiger partial charge on any atom is 0.457 e. The van der Waals surface area contributed by atoms with E-state index in [4.69, 9.17) is 24.9 Å². The van der Waals surface area contributed by atoms with E-state index < -0.39 is 19.5 Å². The van der Waals surface area contributed by atoms with Gasteiger partial charge in [-0.25, -0.2) is 9.36 Å². The lowest BCUT2D eigenvalue weighted by molar-refractivity contribution is 0.137. The van der Waals surface area contributed by atoms with Gasteiger partial charge in [0.1, 0.15) is 23.9 Å². The molecule has 0 saturated carbocycles. The number of alkyl carbamates (subject to hydrolysis) is 1. The number of para-hydroxylation sites is 2. The Bertz CT molecular complexity index is 1320. The van der Waals surface area contributed by atoms with Gasteiger partial charge in [-0.2, -0.15) is 0 Å². The highest BCUT2D eigenvalue weighted by Gasteiger charge is 2.42. The molecule has 0 aliphatic carbocycles. The van der Waals surface area contributed by atoms with Gasteiger partial charge in [-0.1, -0.05) is 91.0 Å². The molecule has 1 amide bonds. The van der Waals surface area contributed by atoms with Crippen LogP contribution < -0.4 is 20.1 Å². The van der Waals surface area contributed by atoms with Crippen LogP contribution in [0.3, 0.4) is 0 Å². The minimum Gasteiger partial charge on any atom is -0.445 e. The molecule has 4 aromatic rings. The molecule has 4 N–H and O–H groups in total. The molecule has 4 aromatic carbocycles. The van der Waals surface area contributed by atoms with Gasteiger partial charge >= 0.3 is 13.7 Å². The summed E-state index contributed by atoms with van der Waals surface area (Å²) in [6.07, 6.45) is -0.807. The molecule has 0 heterocycles. The third kappa shape index (κ3) is 6.99. The number of nitrogens with two attached hydrogens (primary N) is 1. The second-order valence-corrected chi connectivity index (χ2v) is 9.95. The first-order chi connectivity index (χ1) is 17.9. The molecule has 1 atom stereocenters. The first-order valence-electron chi connectivity index (χ1n) is 11.4. The van der Waals surface area contributed by atoms with Gasteiger partial charge in [-0.15, -0.1) is 0 Å². The lowest BCUT2D eigenvalue weighted by Crippen LogP contribution is -2.31. The van der Waals surface area contributed by atoms with Crippen molar-refractivity contribution in [3.63, 3.8) is 0 Å². The van der Waals surface area contributed by atoms with E-state index in [0.717, 1.165) is 5.56 Å². The number of carbonyl (C=O) groups is 1. The van der Waals surface area contributed by atoms with Gasteiger partial charge in [0.2, 0.25) is 0 Å². The zero-order valence-electron chi connectivity index (χ0n) is 19.8. The van der Waals surface area contributed by atoms with Crippen LogP contribution in [0.4, 0.5) is 4.79 Å². The summed E-state index contributed by atoms with van der Waals surface area (Å²) in [4.78, 5) is 12.9. The first kappa shape index (κ1) is 25.5. The highest BCUT2D eigenvalue weighted by Crippen LogP contribution is 2.59. The van der Waals surface area contributed by atoms with E-state index in [0.29, 0.717) is 22.6 Å². The fourth-order valence-electron chi connectivity index (χ4n) is 3.45. The van der Waals surface area contributed by atoms with Gasteiger partial charge in [-0.3, -0.25) is 5.41 Å². The van der Waals surface area contributed by atoms with Gasteiger partial charge in [0.25, 0.3) is 0 Å². The van der Waals surface area contributed by atoms with Gasteiger partial charge in [0.05, 0.1) is 0 Å². The van der Waals surface area contributed by atoms with Crippen LogP contribution in [0.5, 0.6) is 11.5 Å². The average Bonchev–Trinajstić information content (AvgIpc) is 2.92. The van der Waals surface area contributed by atoms with E-state index >= 15 is 0 Å². The molecule has 4 rings (SSSR count). The number of amides is 1. The molecule has 0 bridgehead atoms. The topological polar surface area (TPSA) is 124 Å².